The summed E-state index contributed by atoms with van der Waals surface area (Å²) in [6.07, 6.45) is 2.54. The van der Waals surface area contributed by atoms with Gasteiger partial charge in [0.2, 0.25) is 0 Å². The molecule has 0 aromatic heterocycles. The minimum Gasteiger partial charge on any atom is -0.0776 e. The van der Waals surface area contributed by atoms with Gasteiger partial charge in [-0.05, 0) is 45.8 Å². The lowest BCUT2D eigenvalue weighted by atomic mass is 9.76. The second-order valence-corrected chi connectivity index (χ2v) is 8.98. The van der Waals surface area contributed by atoms with Gasteiger partial charge in [0, 0.05) is 0 Å². The third-order valence-corrected chi connectivity index (χ3v) is 4.52. The van der Waals surface area contributed by atoms with Gasteiger partial charge in [0.25, 0.3) is 0 Å². The lowest BCUT2D eigenvalue weighted by Gasteiger charge is -2.29. The van der Waals surface area contributed by atoms with E-state index in [0.29, 0.717) is 11.8 Å². The maximum Gasteiger partial charge on any atom is -0.0132 e. The molecule has 0 amide bonds. The molecule has 23 heavy (non-hydrogen) atoms. The fraction of sp³-hybridized carbons (Fsp3) is 0.739. The molecule has 0 fully saturated rings. The molecule has 136 valence electrons. The first-order valence-electron chi connectivity index (χ1n) is 8.62. The van der Waals surface area contributed by atoms with Crippen LogP contribution >= 0.6 is 0 Å². The third-order valence-electron chi connectivity index (χ3n) is 4.52. The van der Waals surface area contributed by atoms with Crippen LogP contribution in [0, 0.1) is 5.92 Å². The molecule has 1 unspecified atom stereocenters. The molecule has 0 saturated heterocycles. The fourth-order valence-electron chi connectivity index (χ4n) is 2.93. The second kappa shape index (κ2) is 8.90. The Morgan fingerprint density at radius 3 is 1.43 bits per heavy atom. The summed E-state index contributed by atoms with van der Waals surface area (Å²) in [5.41, 5.74) is 4.93. The molecule has 0 saturated carbocycles. The highest BCUT2D eigenvalue weighted by Crippen LogP contribution is 2.36. The summed E-state index contributed by atoms with van der Waals surface area (Å²) in [6.45, 7) is 21.0. The Labute approximate surface area is 148 Å². The van der Waals surface area contributed by atoms with Crippen molar-refractivity contribution in [1.82, 2.24) is 0 Å². The molecule has 0 N–H and O–H groups in total. The van der Waals surface area contributed by atoms with E-state index in [2.05, 4.69) is 80.5 Å². The van der Waals surface area contributed by atoms with Gasteiger partial charge in [0.05, 0.1) is 0 Å². The molecule has 1 aromatic carbocycles. The van der Waals surface area contributed by atoms with Gasteiger partial charge in [-0.3, -0.25) is 0 Å². The lowest BCUT2D eigenvalue weighted by Crippen LogP contribution is -2.18. The Balaban J connectivity index is 0. The van der Waals surface area contributed by atoms with E-state index in [4.69, 9.17) is 0 Å². The molecular formula is C23H44. The van der Waals surface area contributed by atoms with Gasteiger partial charge < -0.3 is 0 Å². The van der Waals surface area contributed by atoms with Gasteiger partial charge in [0.1, 0.15) is 0 Å². The zero-order valence-electron chi connectivity index (χ0n) is 15.8. The van der Waals surface area contributed by atoms with Crippen LogP contribution in [0.15, 0.2) is 18.2 Å². The van der Waals surface area contributed by atoms with Crippen molar-refractivity contribution in [3.63, 3.8) is 0 Å². The van der Waals surface area contributed by atoms with Crippen molar-refractivity contribution in [2.75, 3.05) is 0 Å². The van der Waals surface area contributed by atoms with Crippen LogP contribution in [0.1, 0.15) is 113 Å². The highest BCUT2D eigenvalue weighted by atomic mass is 14.3. The molecule has 0 aliphatic heterocycles. The Bertz CT molecular complexity index is 420. The van der Waals surface area contributed by atoms with Gasteiger partial charge in [-0.15, -0.1) is 0 Å². The van der Waals surface area contributed by atoms with Crippen molar-refractivity contribution in [2.24, 2.45) is 5.92 Å². The minimum absolute atomic E-state index is 0. The molecule has 1 atom stereocenters. The smallest absolute Gasteiger partial charge is 0.0132 e. The zero-order valence-corrected chi connectivity index (χ0v) is 15.8. The van der Waals surface area contributed by atoms with Crippen molar-refractivity contribution < 1.29 is 0 Å². The lowest BCUT2D eigenvalue weighted by molar-refractivity contribution is 0.460. The summed E-state index contributed by atoms with van der Waals surface area (Å²) in [6, 6.07) is 7.36. The molecule has 0 nitrogen and oxygen atoms in total. The third kappa shape index (κ3) is 6.69. The van der Waals surface area contributed by atoms with Crippen LogP contribution in [0.4, 0.5) is 0 Å². The highest BCUT2D eigenvalue weighted by molar-refractivity contribution is 5.39. The van der Waals surface area contributed by atoms with E-state index in [1.165, 1.54) is 24.0 Å². The summed E-state index contributed by atoms with van der Waals surface area (Å²) >= 11 is 0. The first-order chi connectivity index (χ1) is 9.46. The molecular weight excluding hydrogens is 276 g/mol. The Morgan fingerprint density at radius 1 is 0.783 bits per heavy atom. The standard InChI is InChI=1S/C21H36.2CH4/c1-10-11-19(15(2)3)16-12-17(20(4,5)6)14-18(13-16)21(7,8)9;;/h12-15,19H,10-11H2,1-9H3;2*1H4. The van der Waals surface area contributed by atoms with E-state index in [1.54, 1.807) is 5.56 Å². The van der Waals surface area contributed by atoms with Crippen LogP contribution < -0.4 is 0 Å². The Hall–Kier alpha value is -0.780. The molecule has 0 radical (unpaired) electrons. The summed E-state index contributed by atoms with van der Waals surface area (Å²) in [7, 11) is 0. The van der Waals surface area contributed by atoms with Crippen LogP contribution in [-0.4, -0.2) is 0 Å². The summed E-state index contributed by atoms with van der Waals surface area (Å²) in [5, 5.41) is 0. The summed E-state index contributed by atoms with van der Waals surface area (Å²) in [5.74, 6) is 1.38. The van der Waals surface area contributed by atoms with Crippen molar-refractivity contribution in [3.8, 4) is 0 Å². The molecule has 0 aliphatic carbocycles. The van der Waals surface area contributed by atoms with Gasteiger partial charge in [-0.2, -0.15) is 0 Å². The van der Waals surface area contributed by atoms with Gasteiger partial charge in [-0.25, -0.2) is 0 Å². The molecule has 0 heterocycles. The van der Waals surface area contributed by atoms with Crippen LogP contribution in [0.25, 0.3) is 0 Å². The van der Waals surface area contributed by atoms with Crippen LogP contribution in [0.3, 0.4) is 0 Å². The van der Waals surface area contributed by atoms with Gasteiger partial charge in [-0.1, -0.05) is 102 Å². The molecule has 1 aromatic rings. The molecule has 0 heteroatoms. The number of rotatable bonds is 4. The quantitative estimate of drug-likeness (QED) is 0.525. The number of benzene rings is 1. The average molecular weight is 321 g/mol. The number of hydrogen-bond donors (Lipinski definition) is 0. The molecule has 1 rings (SSSR count). The van der Waals surface area contributed by atoms with Crippen molar-refractivity contribution >= 4 is 0 Å². The van der Waals surface area contributed by atoms with Crippen molar-refractivity contribution in [1.29, 1.82) is 0 Å². The van der Waals surface area contributed by atoms with Crippen LogP contribution in [0.2, 0.25) is 0 Å². The number of hydrogen-bond acceptors (Lipinski definition) is 0. The zero-order chi connectivity index (χ0) is 16.4. The average Bonchev–Trinajstić information content (AvgIpc) is 2.32. The monoisotopic (exact) mass is 320 g/mol. The predicted molar refractivity (Wildman–Crippen MR) is 110 cm³/mol. The van der Waals surface area contributed by atoms with E-state index in [1.807, 2.05) is 0 Å². The first kappa shape index (κ1) is 24.5. The van der Waals surface area contributed by atoms with Crippen LogP contribution in [-0.2, 0) is 10.8 Å². The topological polar surface area (TPSA) is 0 Å². The normalized spacial score (nSPS) is 13.3. The Morgan fingerprint density at radius 2 is 1.17 bits per heavy atom. The van der Waals surface area contributed by atoms with Gasteiger partial charge in [0.15, 0.2) is 0 Å². The van der Waals surface area contributed by atoms with Crippen LogP contribution in [0.5, 0.6) is 0 Å². The Kier molecular flexibility index (Phi) is 9.47. The highest BCUT2D eigenvalue weighted by Gasteiger charge is 2.23. The molecule has 0 bridgehead atoms. The fourth-order valence-corrected chi connectivity index (χ4v) is 2.93. The maximum atomic E-state index is 2.47. The van der Waals surface area contributed by atoms with E-state index >= 15 is 0 Å². The minimum atomic E-state index is 0. The molecule has 0 spiro atoms. The van der Waals surface area contributed by atoms with Crippen molar-refractivity contribution in [2.45, 2.75) is 107 Å². The van der Waals surface area contributed by atoms with Crippen molar-refractivity contribution in [3.05, 3.63) is 34.9 Å². The first-order valence-corrected chi connectivity index (χ1v) is 8.62. The largest absolute Gasteiger partial charge is 0.0776 e. The summed E-state index contributed by atoms with van der Waals surface area (Å²) in [4.78, 5) is 0. The van der Waals surface area contributed by atoms with E-state index in [9.17, 15) is 0 Å². The SMILES string of the molecule is C.C.CCCC(c1cc(C(C)(C)C)cc(C(C)(C)C)c1)C(C)C. The van der Waals surface area contributed by atoms with Gasteiger partial charge >= 0.3 is 0 Å². The second-order valence-electron chi connectivity index (χ2n) is 8.98. The maximum absolute atomic E-state index is 2.47. The molecule has 0 aliphatic rings. The van der Waals surface area contributed by atoms with E-state index < -0.39 is 0 Å². The summed E-state index contributed by atoms with van der Waals surface area (Å²) < 4.78 is 0. The predicted octanol–water partition coefficient (Wildman–Crippen LogP) is 8.09. The van der Waals surface area contributed by atoms with E-state index in [0.717, 1.165) is 0 Å². The van der Waals surface area contributed by atoms with E-state index in [-0.39, 0.29) is 25.7 Å².